The van der Waals surface area contributed by atoms with E-state index in [1.54, 1.807) is 7.11 Å². The Morgan fingerprint density at radius 1 is 1.00 bits per heavy atom. The van der Waals surface area contributed by atoms with Gasteiger partial charge in [0.2, 0.25) is 0 Å². The van der Waals surface area contributed by atoms with Crippen molar-refractivity contribution >= 4 is 12.6 Å². The zero-order valence-corrected chi connectivity index (χ0v) is 14.4. The molecule has 3 rings (SSSR count). The fourth-order valence-electron chi connectivity index (χ4n) is 3.37. The quantitative estimate of drug-likeness (QED) is 0.798. The first-order valence-corrected chi connectivity index (χ1v) is 8.37. The predicted octanol–water partition coefficient (Wildman–Crippen LogP) is 3.65. The molecule has 0 amide bonds. The van der Waals surface area contributed by atoms with E-state index in [1.807, 2.05) is 6.07 Å². The van der Waals surface area contributed by atoms with Gasteiger partial charge in [0.15, 0.2) is 0 Å². The molecule has 1 aliphatic heterocycles. The first kappa shape index (κ1) is 15.9. The molecule has 1 aliphatic carbocycles. The molecule has 0 radical (unpaired) electrons. The molecule has 120 valence electrons. The van der Waals surface area contributed by atoms with Gasteiger partial charge in [-0.1, -0.05) is 18.9 Å². The third-order valence-electron chi connectivity index (χ3n) is 5.54. The van der Waals surface area contributed by atoms with Gasteiger partial charge >= 0.3 is 7.12 Å². The largest absolute Gasteiger partial charge is 0.497 e. The van der Waals surface area contributed by atoms with Crippen LogP contribution in [0.5, 0.6) is 5.75 Å². The Kier molecular flexibility index (Phi) is 4.02. The highest BCUT2D eigenvalue weighted by Gasteiger charge is 2.51. The van der Waals surface area contributed by atoms with Gasteiger partial charge in [0, 0.05) is 0 Å². The maximum Gasteiger partial charge on any atom is 0.494 e. The minimum absolute atomic E-state index is 0.311. The summed E-state index contributed by atoms with van der Waals surface area (Å²) in [5.41, 5.74) is 1.81. The zero-order valence-electron chi connectivity index (χ0n) is 14.4. The number of hydrogen-bond acceptors (Lipinski definition) is 3. The molecule has 4 heteroatoms. The third kappa shape index (κ3) is 2.79. The van der Waals surface area contributed by atoms with Crippen molar-refractivity contribution in [2.24, 2.45) is 0 Å². The lowest BCUT2D eigenvalue weighted by molar-refractivity contribution is 0.00578. The third-order valence-corrected chi connectivity index (χ3v) is 5.54. The molecule has 2 fully saturated rings. The molecule has 1 aromatic rings. The molecular weight excluding hydrogens is 275 g/mol. The molecule has 0 N–H and O–H groups in total. The van der Waals surface area contributed by atoms with E-state index in [1.165, 1.54) is 31.2 Å². The summed E-state index contributed by atoms with van der Waals surface area (Å²) in [6.45, 7) is 8.35. The van der Waals surface area contributed by atoms with Crippen LogP contribution in [0.4, 0.5) is 0 Å². The van der Waals surface area contributed by atoms with Crippen LogP contribution < -0.4 is 10.2 Å². The van der Waals surface area contributed by atoms with E-state index in [2.05, 4.69) is 39.8 Å². The van der Waals surface area contributed by atoms with Gasteiger partial charge < -0.3 is 14.0 Å². The molecule has 1 saturated heterocycles. The Balaban J connectivity index is 1.92. The number of benzene rings is 1. The van der Waals surface area contributed by atoms with Crippen LogP contribution in [-0.2, 0) is 9.31 Å². The van der Waals surface area contributed by atoms with Gasteiger partial charge in [-0.2, -0.15) is 0 Å². The Morgan fingerprint density at radius 2 is 1.59 bits per heavy atom. The standard InChI is InChI=1S/C18H27BO3/c1-17(2)18(3,4)22-19(21-17)15-10-14(11-16(12-15)20-5)13-8-6-7-9-13/h10-13H,6-9H2,1-5H3. The van der Waals surface area contributed by atoms with E-state index in [0.29, 0.717) is 5.92 Å². The second-order valence-electron chi connectivity index (χ2n) is 7.61. The highest BCUT2D eigenvalue weighted by molar-refractivity contribution is 6.62. The average Bonchev–Trinajstić information content (AvgIpc) is 3.05. The van der Waals surface area contributed by atoms with Crippen LogP contribution in [-0.4, -0.2) is 25.4 Å². The van der Waals surface area contributed by atoms with E-state index in [-0.39, 0.29) is 18.3 Å². The van der Waals surface area contributed by atoms with Crippen molar-refractivity contribution in [2.45, 2.75) is 70.5 Å². The lowest BCUT2D eigenvalue weighted by Gasteiger charge is -2.32. The Hall–Kier alpha value is -0.995. The van der Waals surface area contributed by atoms with E-state index in [9.17, 15) is 0 Å². The molecule has 1 heterocycles. The lowest BCUT2D eigenvalue weighted by atomic mass is 9.77. The number of rotatable bonds is 3. The first-order valence-electron chi connectivity index (χ1n) is 8.37. The van der Waals surface area contributed by atoms with E-state index in [0.717, 1.165) is 11.2 Å². The smallest absolute Gasteiger partial charge is 0.494 e. The van der Waals surface area contributed by atoms with Crippen LogP contribution in [0.15, 0.2) is 18.2 Å². The summed E-state index contributed by atoms with van der Waals surface area (Å²) in [7, 11) is 1.40. The van der Waals surface area contributed by atoms with Gasteiger partial charge in [-0.3, -0.25) is 0 Å². The zero-order chi connectivity index (χ0) is 16.0. The predicted molar refractivity (Wildman–Crippen MR) is 89.9 cm³/mol. The molecule has 2 aliphatic rings. The first-order chi connectivity index (χ1) is 10.3. The van der Waals surface area contributed by atoms with Gasteiger partial charge in [0.25, 0.3) is 0 Å². The van der Waals surface area contributed by atoms with Gasteiger partial charge in [-0.15, -0.1) is 0 Å². The van der Waals surface area contributed by atoms with Gasteiger partial charge in [0.05, 0.1) is 18.3 Å². The highest BCUT2D eigenvalue weighted by Crippen LogP contribution is 2.38. The lowest BCUT2D eigenvalue weighted by Crippen LogP contribution is -2.41. The van der Waals surface area contributed by atoms with Crippen molar-refractivity contribution in [2.75, 3.05) is 7.11 Å². The molecule has 0 atom stereocenters. The van der Waals surface area contributed by atoms with Crippen molar-refractivity contribution in [3.8, 4) is 5.75 Å². The summed E-state index contributed by atoms with van der Waals surface area (Å²) in [6.07, 6.45) is 5.20. The second kappa shape index (κ2) is 5.57. The van der Waals surface area contributed by atoms with Gasteiger partial charge in [-0.25, -0.2) is 0 Å². The molecule has 0 spiro atoms. The van der Waals surface area contributed by atoms with Crippen molar-refractivity contribution in [1.82, 2.24) is 0 Å². The Morgan fingerprint density at radius 3 is 2.14 bits per heavy atom. The van der Waals surface area contributed by atoms with Crippen LogP contribution in [0.2, 0.25) is 0 Å². The van der Waals surface area contributed by atoms with Gasteiger partial charge in [0.1, 0.15) is 5.75 Å². The average molecular weight is 302 g/mol. The molecule has 0 aromatic heterocycles. The van der Waals surface area contributed by atoms with Gasteiger partial charge in [-0.05, 0) is 69.6 Å². The van der Waals surface area contributed by atoms with Crippen LogP contribution in [0.25, 0.3) is 0 Å². The molecule has 1 saturated carbocycles. The summed E-state index contributed by atoms with van der Waals surface area (Å²) in [5.74, 6) is 1.55. The van der Waals surface area contributed by atoms with E-state index >= 15 is 0 Å². The Labute approximate surface area is 134 Å². The maximum absolute atomic E-state index is 6.19. The summed E-state index contributed by atoms with van der Waals surface area (Å²) in [6, 6.07) is 6.46. The Bertz CT molecular complexity index is 531. The minimum Gasteiger partial charge on any atom is -0.497 e. The van der Waals surface area contributed by atoms with Crippen molar-refractivity contribution in [1.29, 1.82) is 0 Å². The second-order valence-corrected chi connectivity index (χ2v) is 7.61. The fraction of sp³-hybridized carbons (Fsp3) is 0.667. The van der Waals surface area contributed by atoms with Crippen molar-refractivity contribution < 1.29 is 14.0 Å². The molecule has 3 nitrogen and oxygen atoms in total. The summed E-state index contributed by atoms with van der Waals surface area (Å²) in [5, 5.41) is 0. The van der Waals surface area contributed by atoms with E-state index < -0.39 is 0 Å². The SMILES string of the molecule is COc1cc(B2OC(C)(C)C(C)(C)O2)cc(C2CCCC2)c1. The molecule has 0 unspecified atom stereocenters. The maximum atomic E-state index is 6.19. The summed E-state index contributed by atoms with van der Waals surface area (Å²) < 4.78 is 17.9. The number of methoxy groups -OCH3 is 1. The van der Waals surface area contributed by atoms with Crippen LogP contribution in [0.3, 0.4) is 0 Å². The number of ether oxygens (including phenoxy) is 1. The normalized spacial score (nSPS) is 24.0. The van der Waals surface area contributed by atoms with E-state index in [4.69, 9.17) is 14.0 Å². The van der Waals surface area contributed by atoms with Crippen LogP contribution in [0.1, 0.15) is 64.9 Å². The number of hydrogen-bond donors (Lipinski definition) is 0. The highest BCUT2D eigenvalue weighted by atomic mass is 16.7. The fourth-order valence-corrected chi connectivity index (χ4v) is 3.37. The monoisotopic (exact) mass is 302 g/mol. The summed E-state index contributed by atoms with van der Waals surface area (Å²) >= 11 is 0. The molecular formula is C18H27BO3. The van der Waals surface area contributed by atoms with Crippen LogP contribution in [0, 0.1) is 0 Å². The molecule has 22 heavy (non-hydrogen) atoms. The van der Waals surface area contributed by atoms with Crippen LogP contribution >= 0.6 is 0 Å². The van der Waals surface area contributed by atoms with Crippen molar-refractivity contribution in [3.63, 3.8) is 0 Å². The molecule has 0 bridgehead atoms. The van der Waals surface area contributed by atoms with Crippen molar-refractivity contribution in [3.05, 3.63) is 23.8 Å². The minimum atomic E-state index is -0.319. The summed E-state index contributed by atoms with van der Waals surface area (Å²) in [4.78, 5) is 0. The molecule has 1 aromatic carbocycles. The topological polar surface area (TPSA) is 27.7 Å².